The van der Waals surface area contributed by atoms with Gasteiger partial charge in [0.2, 0.25) is 0 Å². The number of rotatable bonds is 8. The molecule has 3 heterocycles. The molecule has 0 saturated carbocycles. The molecule has 1 aromatic carbocycles. The Kier molecular flexibility index (Phi) is 7.70. The van der Waals surface area contributed by atoms with Crippen LogP contribution >= 0.6 is 22.9 Å². The van der Waals surface area contributed by atoms with Crippen LogP contribution in [-0.4, -0.2) is 65.2 Å². The number of amides is 1. The molecule has 2 unspecified atom stereocenters. The molecular formula is C23H29ClN6O3S. The van der Waals surface area contributed by atoms with Crippen molar-refractivity contribution in [3.63, 3.8) is 0 Å². The maximum absolute atomic E-state index is 12.8. The Morgan fingerprint density at radius 3 is 2.79 bits per heavy atom. The van der Waals surface area contributed by atoms with Crippen molar-refractivity contribution in [1.29, 1.82) is 0 Å². The van der Waals surface area contributed by atoms with E-state index >= 15 is 0 Å². The van der Waals surface area contributed by atoms with E-state index in [1.54, 1.807) is 13.0 Å². The van der Waals surface area contributed by atoms with Gasteiger partial charge in [-0.15, -0.1) is 0 Å². The van der Waals surface area contributed by atoms with Gasteiger partial charge >= 0.3 is 5.97 Å². The maximum atomic E-state index is 12.8. The van der Waals surface area contributed by atoms with E-state index in [0.29, 0.717) is 30.3 Å². The first kappa shape index (κ1) is 24.4. The van der Waals surface area contributed by atoms with Crippen LogP contribution in [-0.2, 0) is 11.2 Å². The number of aromatic nitrogens is 3. The zero-order valence-corrected chi connectivity index (χ0v) is 21.1. The number of fused-ring (bicyclic) bond motifs is 1. The fourth-order valence-electron chi connectivity index (χ4n) is 4.18. The van der Waals surface area contributed by atoms with Gasteiger partial charge in [-0.1, -0.05) is 42.9 Å². The van der Waals surface area contributed by atoms with Gasteiger partial charge in [-0.3, -0.25) is 4.79 Å². The van der Waals surface area contributed by atoms with Crippen LogP contribution < -0.4 is 15.5 Å². The lowest BCUT2D eigenvalue weighted by atomic mass is 9.99. The number of hydrogen-bond acceptors (Lipinski definition) is 8. The minimum Gasteiger partial charge on any atom is -0.462 e. The second-order valence-corrected chi connectivity index (χ2v) is 9.39. The summed E-state index contributed by atoms with van der Waals surface area (Å²) < 4.78 is 6.03. The number of carbonyl (C=O) groups excluding carboxylic acids is 2. The molecule has 1 saturated heterocycles. The number of nitrogens with one attached hydrogen (secondary N) is 3. The normalized spacial score (nSPS) is 18.3. The van der Waals surface area contributed by atoms with Crippen LogP contribution in [0.15, 0.2) is 18.2 Å². The molecule has 0 spiro atoms. The van der Waals surface area contributed by atoms with Crippen LogP contribution in [0.25, 0.3) is 10.2 Å². The Hall–Kier alpha value is -2.69. The van der Waals surface area contributed by atoms with Crippen molar-refractivity contribution in [2.24, 2.45) is 0 Å². The van der Waals surface area contributed by atoms with Crippen molar-refractivity contribution in [3.05, 3.63) is 40.4 Å². The van der Waals surface area contributed by atoms with Gasteiger partial charge < -0.3 is 25.3 Å². The minimum absolute atomic E-state index is 0.0234. The van der Waals surface area contributed by atoms with Crippen molar-refractivity contribution in [3.8, 4) is 0 Å². The smallest absolute Gasteiger partial charge is 0.339 e. The Morgan fingerprint density at radius 1 is 1.26 bits per heavy atom. The van der Waals surface area contributed by atoms with Crippen molar-refractivity contribution in [2.45, 2.75) is 45.7 Å². The summed E-state index contributed by atoms with van der Waals surface area (Å²) in [6.45, 7) is 8.28. The van der Waals surface area contributed by atoms with E-state index in [9.17, 15) is 9.59 Å². The molecule has 11 heteroatoms. The summed E-state index contributed by atoms with van der Waals surface area (Å²) >= 11 is 7.60. The number of hydrogen-bond donors (Lipinski definition) is 3. The van der Waals surface area contributed by atoms with Gasteiger partial charge in [-0.2, -0.15) is 0 Å². The quantitative estimate of drug-likeness (QED) is 0.403. The molecule has 4 rings (SSSR count). The number of esters is 1. The van der Waals surface area contributed by atoms with E-state index < -0.39 is 0 Å². The van der Waals surface area contributed by atoms with Gasteiger partial charge in [-0.05, 0) is 38.4 Å². The molecule has 34 heavy (non-hydrogen) atoms. The van der Waals surface area contributed by atoms with Crippen LogP contribution in [0, 0.1) is 0 Å². The highest BCUT2D eigenvalue weighted by molar-refractivity contribution is 7.22. The summed E-state index contributed by atoms with van der Waals surface area (Å²) in [4.78, 5) is 39.3. The Bertz CT molecular complexity index is 1180. The molecule has 9 nitrogen and oxygen atoms in total. The molecular weight excluding hydrogens is 476 g/mol. The van der Waals surface area contributed by atoms with Crippen LogP contribution in [0.1, 0.15) is 53.9 Å². The first-order chi connectivity index (χ1) is 16.4. The SMILES string of the molecule is CCNC1CN(c2nc3cccc(C(=O)OCC)c3s2)CCC1NC(=O)c1nc(Cl)c(CC)[nH]1. The summed E-state index contributed by atoms with van der Waals surface area (Å²) in [6.07, 6.45) is 1.41. The lowest BCUT2D eigenvalue weighted by molar-refractivity contribution is 0.0528. The number of thiazole rings is 1. The monoisotopic (exact) mass is 504 g/mol. The van der Waals surface area contributed by atoms with Crippen LogP contribution in [0.4, 0.5) is 5.13 Å². The Balaban J connectivity index is 1.50. The number of anilines is 1. The number of imidazole rings is 1. The lowest BCUT2D eigenvalue weighted by Crippen LogP contribution is -2.59. The van der Waals surface area contributed by atoms with Crippen LogP contribution in [0.5, 0.6) is 0 Å². The largest absolute Gasteiger partial charge is 0.462 e. The van der Waals surface area contributed by atoms with Gasteiger partial charge in [0.15, 0.2) is 16.1 Å². The van der Waals surface area contributed by atoms with E-state index in [0.717, 1.165) is 40.6 Å². The number of aryl methyl sites for hydroxylation is 1. The second kappa shape index (κ2) is 10.7. The average Bonchev–Trinajstić information content (AvgIpc) is 3.43. The fourth-order valence-corrected chi connectivity index (χ4v) is 5.54. The predicted octanol–water partition coefficient (Wildman–Crippen LogP) is 3.40. The molecule has 3 N–H and O–H groups in total. The summed E-state index contributed by atoms with van der Waals surface area (Å²) in [5.41, 5.74) is 2.07. The third-order valence-electron chi connectivity index (χ3n) is 5.86. The molecule has 182 valence electrons. The maximum Gasteiger partial charge on any atom is 0.339 e. The lowest BCUT2D eigenvalue weighted by Gasteiger charge is -2.39. The van der Waals surface area contributed by atoms with Crippen LogP contribution in [0.2, 0.25) is 5.15 Å². The number of likely N-dealkylation sites (N-methyl/N-ethyl adjacent to an activating group) is 1. The Morgan fingerprint density at radius 2 is 2.09 bits per heavy atom. The van der Waals surface area contributed by atoms with Gasteiger partial charge in [0.05, 0.1) is 28.1 Å². The van der Waals surface area contributed by atoms with Gasteiger partial charge in [-0.25, -0.2) is 14.8 Å². The molecule has 1 aliphatic heterocycles. The molecule has 2 aromatic heterocycles. The first-order valence-corrected chi connectivity index (χ1v) is 12.7. The van der Waals surface area contributed by atoms with Gasteiger partial charge in [0.1, 0.15) is 0 Å². The standard InChI is InChI=1S/C23H29ClN6O3S/c1-4-14-19(24)29-20(26-14)21(31)27-15-10-11-30(12-17(15)25-5-2)23-28-16-9-7-8-13(18(16)34-23)22(32)33-6-3/h7-9,15,17,25H,4-6,10-12H2,1-3H3,(H,26,29)(H,27,31). The highest BCUT2D eigenvalue weighted by atomic mass is 35.5. The van der Waals surface area contributed by atoms with E-state index in [1.807, 2.05) is 26.0 Å². The highest BCUT2D eigenvalue weighted by Crippen LogP contribution is 2.33. The minimum atomic E-state index is -0.334. The van der Waals surface area contributed by atoms with E-state index in [2.05, 4.69) is 25.5 Å². The second-order valence-electron chi connectivity index (χ2n) is 8.06. The summed E-state index contributed by atoms with van der Waals surface area (Å²) in [5.74, 6) is -0.362. The Labute approximate surface area is 207 Å². The summed E-state index contributed by atoms with van der Waals surface area (Å²) in [5, 5.41) is 7.79. The number of halogens is 1. The zero-order chi connectivity index (χ0) is 24.2. The third-order valence-corrected chi connectivity index (χ3v) is 7.34. The number of benzene rings is 1. The zero-order valence-electron chi connectivity index (χ0n) is 19.5. The number of aromatic amines is 1. The third kappa shape index (κ3) is 5.03. The molecule has 3 aromatic rings. The molecule has 1 amide bonds. The van der Waals surface area contributed by atoms with Gasteiger partial charge in [0, 0.05) is 25.2 Å². The topological polar surface area (TPSA) is 112 Å². The van der Waals surface area contributed by atoms with Crippen molar-refractivity contribution in [1.82, 2.24) is 25.6 Å². The number of nitrogens with zero attached hydrogens (tertiary/aromatic N) is 3. The molecule has 0 bridgehead atoms. The molecule has 1 aliphatic rings. The molecule has 2 atom stereocenters. The number of carbonyl (C=O) groups is 2. The van der Waals surface area contributed by atoms with Gasteiger partial charge in [0.25, 0.3) is 5.91 Å². The first-order valence-electron chi connectivity index (χ1n) is 11.5. The van der Waals surface area contributed by atoms with E-state index in [1.165, 1.54) is 11.3 Å². The molecule has 0 aliphatic carbocycles. The van der Waals surface area contributed by atoms with Crippen molar-refractivity contribution >= 4 is 50.2 Å². The van der Waals surface area contributed by atoms with Crippen molar-refractivity contribution in [2.75, 3.05) is 31.1 Å². The van der Waals surface area contributed by atoms with E-state index in [-0.39, 0.29) is 29.8 Å². The van der Waals surface area contributed by atoms with Crippen LogP contribution in [0.3, 0.4) is 0 Å². The number of ether oxygens (including phenoxy) is 1. The van der Waals surface area contributed by atoms with E-state index in [4.69, 9.17) is 21.3 Å². The number of H-pyrrole nitrogens is 1. The number of piperidine rings is 1. The fraction of sp³-hybridized carbons (Fsp3) is 0.478. The van der Waals surface area contributed by atoms with Crippen molar-refractivity contribution < 1.29 is 14.3 Å². The molecule has 0 radical (unpaired) electrons. The summed E-state index contributed by atoms with van der Waals surface area (Å²) in [7, 11) is 0. The molecule has 1 fully saturated rings. The predicted molar refractivity (Wildman–Crippen MR) is 134 cm³/mol. The average molecular weight is 505 g/mol. The summed E-state index contributed by atoms with van der Waals surface area (Å²) in [6, 6.07) is 5.46. The highest BCUT2D eigenvalue weighted by Gasteiger charge is 2.32.